The number of carbonyl (C=O) groups excluding carboxylic acids is 4. The molecule has 0 unspecified atom stereocenters. The van der Waals surface area contributed by atoms with Crippen molar-refractivity contribution in [2.75, 3.05) is 0 Å². The molecule has 4 nitrogen and oxygen atoms in total. The minimum absolute atomic E-state index is 0.0705. The maximum atomic E-state index is 12.4. The second-order valence-electron chi connectivity index (χ2n) is 7.00. The molecule has 0 aromatic heterocycles. The van der Waals surface area contributed by atoms with E-state index in [-0.39, 0.29) is 48.8 Å². The normalized spacial score (nSPS) is 10.4. The van der Waals surface area contributed by atoms with Crippen LogP contribution in [0.4, 0.5) is 0 Å². The molecule has 0 atom stereocenters. The SMILES string of the molecule is O=C(CCC(=O)c1ccc(C(=O)CCC(=O)c2ccccc2)cc1)c1ccccc1. The third-order valence-corrected chi connectivity index (χ3v) is 4.88. The summed E-state index contributed by atoms with van der Waals surface area (Å²) in [6.07, 6.45) is 0.523. The predicted molar refractivity (Wildman–Crippen MR) is 115 cm³/mol. The van der Waals surface area contributed by atoms with Gasteiger partial charge in [-0.3, -0.25) is 19.2 Å². The summed E-state index contributed by atoms with van der Waals surface area (Å²) in [7, 11) is 0. The van der Waals surface area contributed by atoms with Gasteiger partial charge in [0.05, 0.1) is 0 Å². The van der Waals surface area contributed by atoms with E-state index in [2.05, 4.69) is 0 Å². The molecule has 0 fully saturated rings. The van der Waals surface area contributed by atoms with Gasteiger partial charge in [-0.05, 0) is 0 Å². The summed E-state index contributed by atoms with van der Waals surface area (Å²) in [6, 6.07) is 24.2. The number of rotatable bonds is 10. The molecule has 0 saturated heterocycles. The van der Waals surface area contributed by atoms with E-state index in [0.717, 1.165) is 0 Å². The van der Waals surface area contributed by atoms with E-state index in [1.54, 1.807) is 72.8 Å². The van der Waals surface area contributed by atoms with Gasteiger partial charge in [-0.2, -0.15) is 0 Å². The van der Waals surface area contributed by atoms with Gasteiger partial charge in [0, 0.05) is 47.9 Å². The van der Waals surface area contributed by atoms with Crippen LogP contribution in [0.3, 0.4) is 0 Å². The summed E-state index contributed by atoms with van der Waals surface area (Å²) >= 11 is 0. The Bertz CT molecular complexity index is 949. The van der Waals surface area contributed by atoms with Gasteiger partial charge in [-0.1, -0.05) is 84.9 Å². The first-order chi connectivity index (χ1) is 14.5. The van der Waals surface area contributed by atoms with Gasteiger partial charge in [0.1, 0.15) is 0 Å². The van der Waals surface area contributed by atoms with Gasteiger partial charge < -0.3 is 0 Å². The fraction of sp³-hybridized carbons (Fsp3) is 0.154. The van der Waals surface area contributed by atoms with Crippen molar-refractivity contribution in [1.29, 1.82) is 0 Å². The first-order valence-corrected chi connectivity index (χ1v) is 9.87. The first-order valence-electron chi connectivity index (χ1n) is 9.87. The highest BCUT2D eigenvalue weighted by Crippen LogP contribution is 2.14. The van der Waals surface area contributed by atoms with Crippen molar-refractivity contribution in [3.05, 3.63) is 107 Å². The Morgan fingerprint density at radius 1 is 0.367 bits per heavy atom. The van der Waals surface area contributed by atoms with Gasteiger partial charge in [0.2, 0.25) is 0 Å². The van der Waals surface area contributed by atoms with Crippen LogP contribution in [0.5, 0.6) is 0 Å². The predicted octanol–water partition coefficient (Wildman–Crippen LogP) is 5.38. The van der Waals surface area contributed by atoms with Crippen molar-refractivity contribution in [3.8, 4) is 0 Å². The molecular formula is C26H22O4. The molecule has 0 bridgehead atoms. The lowest BCUT2D eigenvalue weighted by atomic mass is 9.98. The number of carbonyl (C=O) groups is 4. The molecule has 3 aromatic carbocycles. The van der Waals surface area contributed by atoms with E-state index >= 15 is 0 Å². The van der Waals surface area contributed by atoms with Crippen LogP contribution >= 0.6 is 0 Å². The number of hydrogen-bond donors (Lipinski definition) is 0. The largest absolute Gasteiger partial charge is 0.294 e. The zero-order valence-corrected chi connectivity index (χ0v) is 16.5. The molecule has 4 heteroatoms. The average molecular weight is 398 g/mol. The minimum atomic E-state index is -0.141. The highest BCUT2D eigenvalue weighted by molar-refractivity contribution is 6.04. The molecule has 0 spiro atoms. The van der Waals surface area contributed by atoms with Gasteiger partial charge in [0.25, 0.3) is 0 Å². The van der Waals surface area contributed by atoms with E-state index in [0.29, 0.717) is 22.3 Å². The van der Waals surface area contributed by atoms with Crippen LogP contribution in [0.25, 0.3) is 0 Å². The Kier molecular flexibility index (Phi) is 7.17. The van der Waals surface area contributed by atoms with Gasteiger partial charge >= 0.3 is 0 Å². The lowest BCUT2D eigenvalue weighted by Gasteiger charge is -2.04. The summed E-state index contributed by atoms with van der Waals surface area (Å²) in [5, 5.41) is 0. The lowest BCUT2D eigenvalue weighted by molar-refractivity contribution is 0.0915. The molecule has 30 heavy (non-hydrogen) atoms. The topological polar surface area (TPSA) is 68.3 Å². The quantitative estimate of drug-likeness (QED) is 0.430. The standard InChI is InChI=1S/C26H22O4/c27-23(19-7-3-1-4-8-19)15-17-25(29)21-11-13-22(14-12-21)26(30)18-16-24(28)20-9-5-2-6-10-20/h1-14H,15-18H2. The van der Waals surface area contributed by atoms with E-state index < -0.39 is 0 Å². The Morgan fingerprint density at radius 2 is 0.600 bits per heavy atom. The summed E-state index contributed by atoms with van der Waals surface area (Å²) < 4.78 is 0. The third kappa shape index (κ3) is 5.67. The zero-order valence-electron chi connectivity index (χ0n) is 16.5. The molecule has 0 aliphatic rings. The summed E-state index contributed by atoms with van der Waals surface area (Å²) in [5.41, 5.74) is 2.12. The van der Waals surface area contributed by atoms with Crippen LogP contribution in [-0.4, -0.2) is 23.1 Å². The first kappa shape index (κ1) is 21.1. The van der Waals surface area contributed by atoms with Crippen LogP contribution in [-0.2, 0) is 0 Å². The van der Waals surface area contributed by atoms with Crippen LogP contribution in [0.15, 0.2) is 84.9 Å². The molecule has 0 heterocycles. The molecule has 0 aliphatic heterocycles. The average Bonchev–Trinajstić information content (AvgIpc) is 2.81. The molecule has 0 radical (unpaired) electrons. The molecule has 0 amide bonds. The second kappa shape index (κ2) is 10.2. The number of ketones is 4. The van der Waals surface area contributed by atoms with Crippen LogP contribution in [0.1, 0.15) is 67.1 Å². The van der Waals surface area contributed by atoms with Crippen LogP contribution < -0.4 is 0 Å². The highest BCUT2D eigenvalue weighted by atomic mass is 16.1. The molecule has 3 aromatic rings. The highest BCUT2D eigenvalue weighted by Gasteiger charge is 2.13. The van der Waals surface area contributed by atoms with Crippen molar-refractivity contribution in [2.24, 2.45) is 0 Å². The Balaban J connectivity index is 1.51. The van der Waals surface area contributed by atoms with E-state index in [9.17, 15) is 19.2 Å². The van der Waals surface area contributed by atoms with Crippen molar-refractivity contribution in [3.63, 3.8) is 0 Å². The maximum Gasteiger partial charge on any atom is 0.163 e. The Morgan fingerprint density at radius 3 is 0.867 bits per heavy atom. The van der Waals surface area contributed by atoms with Crippen molar-refractivity contribution >= 4 is 23.1 Å². The fourth-order valence-corrected chi connectivity index (χ4v) is 3.12. The smallest absolute Gasteiger partial charge is 0.163 e. The molecule has 0 aliphatic carbocycles. The zero-order chi connectivity index (χ0) is 21.3. The number of benzene rings is 3. The van der Waals surface area contributed by atoms with Crippen molar-refractivity contribution in [2.45, 2.75) is 25.7 Å². The Labute approximate surface area is 175 Å². The molecule has 0 N–H and O–H groups in total. The summed E-state index contributed by atoms with van der Waals surface area (Å²) in [6.45, 7) is 0. The van der Waals surface area contributed by atoms with E-state index in [4.69, 9.17) is 0 Å². The monoisotopic (exact) mass is 398 g/mol. The molecular weight excluding hydrogens is 376 g/mol. The second-order valence-corrected chi connectivity index (χ2v) is 7.00. The maximum absolute atomic E-state index is 12.4. The lowest BCUT2D eigenvalue weighted by Crippen LogP contribution is -2.07. The van der Waals surface area contributed by atoms with Crippen LogP contribution in [0.2, 0.25) is 0 Å². The molecule has 3 rings (SSSR count). The van der Waals surface area contributed by atoms with E-state index in [1.165, 1.54) is 0 Å². The molecule has 150 valence electrons. The Hall–Kier alpha value is -3.66. The third-order valence-electron chi connectivity index (χ3n) is 4.88. The summed E-state index contributed by atoms with van der Waals surface area (Å²) in [5.74, 6) is -0.423. The minimum Gasteiger partial charge on any atom is -0.294 e. The van der Waals surface area contributed by atoms with Crippen LogP contribution in [0, 0.1) is 0 Å². The van der Waals surface area contributed by atoms with E-state index in [1.807, 2.05) is 12.1 Å². The van der Waals surface area contributed by atoms with Gasteiger partial charge in [-0.25, -0.2) is 0 Å². The fourth-order valence-electron chi connectivity index (χ4n) is 3.12. The molecule has 0 saturated carbocycles. The van der Waals surface area contributed by atoms with Gasteiger partial charge in [0.15, 0.2) is 23.1 Å². The van der Waals surface area contributed by atoms with Crippen molar-refractivity contribution < 1.29 is 19.2 Å². The summed E-state index contributed by atoms with van der Waals surface area (Å²) in [4.78, 5) is 49.0. The number of hydrogen-bond acceptors (Lipinski definition) is 4. The number of Topliss-reactive ketones (excluding diaryl/α,β-unsaturated/α-hetero) is 4. The van der Waals surface area contributed by atoms with Gasteiger partial charge in [-0.15, -0.1) is 0 Å². The van der Waals surface area contributed by atoms with Crippen molar-refractivity contribution in [1.82, 2.24) is 0 Å².